The van der Waals surface area contributed by atoms with Crippen LogP contribution in [-0.4, -0.2) is 32.0 Å². The molecule has 0 aliphatic rings. The molecule has 0 fully saturated rings. The molecule has 0 spiro atoms. The van der Waals surface area contributed by atoms with Gasteiger partial charge in [-0.2, -0.15) is 0 Å². The van der Waals surface area contributed by atoms with Crippen molar-refractivity contribution in [1.29, 1.82) is 0 Å². The zero-order valence-electron chi connectivity index (χ0n) is 14.3. The van der Waals surface area contributed by atoms with E-state index in [4.69, 9.17) is 0 Å². The van der Waals surface area contributed by atoms with Crippen LogP contribution in [0, 0.1) is 6.92 Å². The molecular weight excluding hydrogens is 322 g/mol. The number of nitrogens with zero attached hydrogens (tertiary/aromatic N) is 1. The summed E-state index contributed by atoms with van der Waals surface area (Å²) in [6.45, 7) is 5.05. The van der Waals surface area contributed by atoms with Gasteiger partial charge in [0.25, 0.3) is 5.91 Å². The van der Waals surface area contributed by atoms with Gasteiger partial charge in [0.1, 0.15) is 0 Å². The second-order valence-corrected chi connectivity index (χ2v) is 7.96. The van der Waals surface area contributed by atoms with Gasteiger partial charge in [-0.15, -0.1) is 0 Å². The highest BCUT2D eigenvalue weighted by Gasteiger charge is 2.22. The molecule has 0 saturated heterocycles. The van der Waals surface area contributed by atoms with Crippen molar-refractivity contribution in [2.24, 2.45) is 0 Å². The predicted molar refractivity (Wildman–Crippen MR) is 95.8 cm³/mol. The molecule has 0 aliphatic heterocycles. The molecule has 0 unspecified atom stereocenters. The van der Waals surface area contributed by atoms with Gasteiger partial charge in [0.15, 0.2) is 9.84 Å². The van der Waals surface area contributed by atoms with Crippen LogP contribution in [0.2, 0.25) is 0 Å². The molecule has 0 aliphatic carbocycles. The van der Waals surface area contributed by atoms with E-state index in [0.717, 1.165) is 23.8 Å². The van der Waals surface area contributed by atoms with E-state index in [1.165, 1.54) is 6.07 Å². The van der Waals surface area contributed by atoms with Crippen LogP contribution < -0.4 is 0 Å². The van der Waals surface area contributed by atoms with Crippen molar-refractivity contribution in [2.75, 3.05) is 12.8 Å². The van der Waals surface area contributed by atoms with Crippen molar-refractivity contribution in [2.45, 2.75) is 31.7 Å². The molecule has 0 aromatic heterocycles. The summed E-state index contributed by atoms with van der Waals surface area (Å²) in [6, 6.07) is 14.4. The Morgan fingerprint density at radius 2 is 1.67 bits per heavy atom. The largest absolute Gasteiger partial charge is 0.334 e. The van der Waals surface area contributed by atoms with Crippen LogP contribution in [0.3, 0.4) is 0 Å². The average Bonchev–Trinajstić information content (AvgIpc) is 2.55. The van der Waals surface area contributed by atoms with Crippen LogP contribution in [-0.2, 0) is 16.4 Å². The maximum Gasteiger partial charge on any atom is 0.255 e. The van der Waals surface area contributed by atoms with E-state index in [1.54, 1.807) is 23.1 Å². The van der Waals surface area contributed by atoms with Crippen LogP contribution in [0.15, 0.2) is 53.4 Å². The molecule has 2 aromatic rings. The highest BCUT2D eigenvalue weighted by Crippen LogP contribution is 2.19. The molecule has 4 nitrogen and oxygen atoms in total. The van der Waals surface area contributed by atoms with Crippen LogP contribution >= 0.6 is 0 Å². The third kappa shape index (κ3) is 4.45. The molecule has 5 heteroatoms. The molecule has 128 valence electrons. The first-order chi connectivity index (χ1) is 11.3. The van der Waals surface area contributed by atoms with Crippen molar-refractivity contribution in [3.8, 4) is 0 Å². The van der Waals surface area contributed by atoms with E-state index < -0.39 is 9.84 Å². The maximum absolute atomic E-state index is 12.9. The number of hydrogen-bond donors (Lipinski definition) is 0. The van der Waals surface area contributed by atoms with Crippen LogP contribution in [0.4, 0.5) is 0 Å². The molecule has 0 radical (unpaired) electrons. The highest BCUT2D eigenvalue weighted by atomic mass is 32.2. The Morgan fingerprint density at radius 1 is 1.04 bits per heavy atom. The topological polar surface area (TPSA) is 54.5 Å². The number of sulfone groups is 1. The summed E-state index contributed by atoms with van der Waals surface area (Å²) in [7, 11) is -3.45. The Balaban J connectivity index is 2.35. The molecule has 0 atom stereocenters. The van der Waals surface area contributed by atoms with Gasteiger partial charge in [-0.3, -0.25) is 4.79 Å². The van der Waals surface area contributed by atoms with E-state index in [-0.39, 0.29) is 16.4 Å². The zero-order chi connectivity index (χ0) is 17.7. The van der Waals surface area contributed by atoms with E-state index in [1.807, 2.05) is 38.1 Å². The first kappa shape index (κ1) is 18.2. The summed E-state index contributed by atoms with van der Waals surface area (Å²) in [5.74, 6) is -0.251. The van der Waals surface area contributed by atoms with Crippen LogP contribution in [0.25, 0.3) is 0 Å². The SMILES string of the molecule is CCCN(Cc1ccc(C)cc1)C(=O)c1ccccc1S(C)(=O)=O. The molecule has 1 amide bonds. The van der Waals surface area contributed by atoms with Crippen molar-refractivity contribution in [3.63, 3.8) is 0 Å². The second-order valence-electron chi connectivity index (χ2n) is 5.98. The lowest BCUT2D eigenvalue weighted by molar-refractivity contribution is 0.0739. The lowest BCUT2D eigenvalue weighted by Crippen LogP contribution is -2.32. The molecule has 2 rings (SSSR count). The average molecular weight is 345 g/mol. The second kappa shape index (κ2) is 7.62. The number of benzene rings is 2. The van der Waals surface area contributed by atoms with Gasteiger partial charge in [-0.05, 0) is 31.0 Å². The smallest absolute Gasteiger partial charge is 0.255 e. The number of carbonyl (C=O) groups excluding carboxylic acids is 1. The third-order valence-electron chi connectivity index (χ3n) is 3.79. The van der Waals surface area contributed by atoms with Gasteiger partial charge in [0.2, 0.25) is 0 Å². The Bertz CT molecular complexity index is 811. The van der Waals surface area contributed by atoms with Crippen molar-refractivity contribution >= 4 is 15.7 Å². The molecule has 2 aromatic carbocycles. The van der Waals surface area contributed by atoms with E-state index >= 15 is 0 Å². The molecule has 0 saturated carbocycles. The highest BCUT2D eigenvalue weighted by molar-refractivity contribution is 7.90. The van der Waals surface area contributed by atoms with Gasteiger partial charge >= 0.3 is 0 Å². The minimum atomic E-state index is -3.45. The molecule has 0 bridgehead atoms. The normalized spacial score (nSPS) is 11.3. The van der Waals surface area contributed by atoms with Gasteiger partial charge < -0.3 is 4.90 Å². The van der Waals surface area contributed by atoms with E-state index in [9.17, 15) is 13.2 Å². The first-order valence-electron chi connectivity index (χ1n) is 7.97. The first-order valence-corrected chi connectivity index (χ1v) is 9.86. The fraction of sp³-hybridized carbons (Fsp3) is 0.316. The molecule has 24 heavy (non-hydrogen) atoms. The summed E-state index contributed by atoms with van der Waals surface area (Å²) in [5.41, 5.74) is 2.43. The van der Waals surface area contributed by atoms with Gasteiger partial charge in [0, 0.05) is 19.3 Å². The molecule has 0 heterocycles. The van der Waals surface area contributed by atoms with Crippen molar-refractivity contribution in [1.82, 2.24) is 4.90 Å². The summed E-state index contributed by atoms with van der Waals surface area (Å²) in [5, 5.41) is 0. The quantitative estimate of drug-likeness (QED) is 0.806. The lowest BCUT2D eigenvalue weighted by Gasteiger charge is -2.23. The standard InChI is InChI=1S/C19H23NO3S/c1-4-13-20(14-16-11-9-15(2)10-12-16)19(21)17-7-5-6-8-18(17)24(3,22)23/h5-12H,4,13-14H2,1-3H3. The number of hydrogen-bond acceptors (Lipinski definition) is 3. The van der Waals surface area contributed by atoms with Gasteiger partial charge in [0.05, 0.1) is 10.5 Å². The Hall–Kier alpha value is -2.14. The number of amides is 1. The minimum absolute atomic E-state index is 0.0833. The Morgan fingerprint density at radius 3 is 2.25 bits per heavy atom. The number of carbonyl (C=O) groups is 1. The number of aryl methyl sites for hydroxylation is 1. The van der Waals surface area contributed by atoms with Gasteiger partial charge in [-0.25, -0.2) is 8.42 Å². The van der Waals surface area contributed by atoms with E-state index in [0.29, 0.717) is 13.1 Å². The monoisotopic (exact) mass is 345 g/mol. The summed E-state index contributed by atoms with van der Waals surface area (Å²) < 4.78 is 23.9. The van der Waals surface area contributed by atoms with Crippen molar-refractivity contribution in [3.05, 3.63) is 65.2 Å². The Labute approximate surface area is 144 Å². The zero-order valence-corrected chi connectivity index (χ0v) is 15.1. The maximum atomic E-state index is 12.9. The fourth-order valence-electron chi connectivity index (χ4n) is 2.57. The third-order valence-corrected chi connectivity index (χ3v) is 4.95. The summed E-state index contributed by atoms with van der Waals surface area (Å²) in [4.78, 5) is 14.7. The predicted octanol–water partition coefficient (Wildman–Crippen LogP) is 3.45. The van der Waals surface area contributed by atoms with Crippen molar-refractivity contribution < 1.29 is 13.2 Å². The molecule has 0 N–H and O–H groups in total. The number of rotatable bonds is 6. The van der Waals surface area contributed by atoms with Gasteiger partial charge in [-0.1, -0.05) is 48.9 Å². The lowest BCUT2D eigenvalue weighted by atomic mass is 10.1. The van der Waals surface area contributed by atoms with Crippen LogP contribution in [0.5, 0.6) is 0 Å². The Kier molecular flexibility index (Phi) is 5.78. The van der Waals surface area contributed by atoms with E-state index in [2.05, 4.69) is 0 Å². The van der Waals surface area contributed by atoms with Crippen LogP contribution in [0.1, 0.15) is 34.8 Å². The fourth-order valence-corrected chi connectivity index (χ4v) is 3.45. The summed E-state index contributed by atoms with van der Waals surface area (Å²) >= 11 is 0. The minimum Gasteiger partial charge on any atom is -0.334 e. The summed E-state index contributed by atoms with van der Waals surface area (Å²) in [6.07, 6.45) is 1.93. The molecular formula is C19H23NO3S.